The van der Waals surface area contributed by atoms with Gasteiger partial charge in [0, 0.05) is 37.2 Å². The van der Waals surface area contributed by atoms with Crippen LogP contribution in [0.3, 0.4) is 0 Å². The van der Waals surface area contributed by atoms with Crippen LogP contribution in [0.2, 0.25) is 0 Å². The second-order valence-corrected chi connectivity index (χ2v) is 8.70. The van der Waals surface area contributed by atoms with Crippen LogP contribution in [-0.4, -0.2) is 83.7 Å². The molecular weight excluding hydrogens is 460 g/mol. The van der Waals surface area contributed by atoms with E-state index in [-0.39, 0.29) is 24.8 Å². The summed E-state index contributed by atoms with van der Waals surface area (Å²) in [6, 6.07) is 10.9. The first kappa shape index (κ1) is 26.8. The van der Waals surface area contributed by atoms with E-state index >= 15 is 0 Å². The fourth-order valence-corrected chi connectivity index (χ4v) is 3.98. The highest BCUT2D eigenvalue weighted by Crippen LogP contribution is 2.31. The average Bonchev–Trinajstić information content (AvgIpc) is 2.89. The van der Waals surface area contributed by atoms with E-state index in [1.54, 1.807) is 57.6 Å². The number of nitrogens with zero attached hydrogens (tertiary/aromatic N) is 2. The molecule has 1 aliphatic heterocycles. The van der Waals surface area contributed by atoms with Crippen molar-refractivity contribution in [2.75, 3.05) is 62.2 Å². The first-order chi connectivity index (χ1) is 17.3. The summed E-state index contributed by atoms with van der Waals surface area (Å²) in [5.41, 5.74) is 2.62. The highest BCUT2D eigenvalue weighted by Gasteiger charge is 2.29. The number of ether oxygens (including phenoxy) is 4. The van der Waals surface area contributed by atoms with Gasteiger partial charge in [-0.15, -0.1) is 0 Å². The average molecular weight is 495 g/mol. The molecular formula is C28H34N2O6. The number of rotatable bonds is 9. The van der Waals surface area contributed by atoms with Gasteiger partial charge < -0.3 is 28.7 Å². The van der Waals surface area contributed by atoms with Crippen LogP contribution in [0.4, 0.5) is 0 Å². The predicted octanol–water partition coefficient (Wildman–Crippen LogP) is 3.55. The summed E-state index contributed by atoms with van der Waals surface area (Å²) in [6.45, 7) is 1.11. The highest BCUT2D eigenvalue weighted by molar-refractivity contribution is 6.15. The number of carbonyl (C=O) groups is 2. The van der Waals surface area contributed by atoms with Crippen molar-refractivity contribution in [3.63, 3.8) is 0 Å². The lowest BCUT2D eigenvalue weighted by molar-refractivity contribution is -0.131. The smallest absolute Gasteiger partial charge is 0.224 e. The minimum atomic E-state index is -0.101. The molecule has 2 aromatic rings. The Morgan fingerprint density at radius 1 is 0.806 bits per heavy atom. The van der Waals surface area contributed by atoms with Gasteiger partial charge in [-0.3, -0.25) is 9.59 Å². The third-order valence-corrected chi connectivity index (χ3v) is 5.93. The van der Waals surface area contributed by atoms with Crippen LogP contribution >= 0.6 is 0 Å². The summed E-state index contributed by atoms with van der Waals surface area (Å²) in [5, 5.41) is 0. The molecule has 0 aliphatic carbocycles. The lowest BCUT2D eigenvalue weighted by Crippen LogP contribution is -2.42. The first-order valence-corrected chi connectivity index (χ1v) is 11.6. The van der Waals surface area contributed by atoms with E-state index in [0.29, 0.717) is 47.1 Å². The number of likely N-dealkylation sites (tertiary alicyclic amines) is 1. The quantitative estimate of drug-likeness (QED) is 0.494. The van der Waals surface area contributed by atoms with Crippen LogP contribution in [0.15, 0.2) is 47.5 Å². The summed E-state index contributed by atoms with van der Waals surface area (Å²) in [7, 11) is 10.1. The lowest BCUT2D eigenvalue weighted by atomic mass is 9.93. The van der Waals surface area contributed by atoms with Crippen LogP contribution in [0.25, 0.3) is 12.2 Å². The molecule has 8 heteroatoms. The van der Waals surface area contributed by atoms with Crippen molar-refractivity contribution in [1.29, 1.82) is 0 Å². The molecule has 2 aromatic carbocycles. The molecule has 36 heavy (non-hydrogen) atoms. The Morgan fingerprint density at radius 2 is 1.25 bits per heavy atom. The molecule has 0 N–H and O–H groups in total. The van der Waals surface area contributed by atoms with Gasteiger partial charge in [-0.05, 0) is 61.6 Å². The third kappa shape index (κ3) is 6.46. The molecule has 0 bridgehead atoms. The molecule has 0 atom stereocenters. The zero-order valence-corrected chi connectivity index (χ0v) is 21.8. The normalized spacial score (nSPS) is 16.0. The fraction of sp³-hybridized carbons (Fsp3) is 0.357. The van der Waals surface area contributed by atoms with Gasteiger partial charge in [0.15, 0.2) is 28.8 Å². The van der Waals surface area contributed by atoms with Crippen molar-refractivity contribution in [3.05, 3.63) is 58.7 Å². The zero-order chi connectivity index (χ0) is 26.2. The van der Waals surface area contributed by atoms with Crippen molar-refractivity contribution in [1.82, 2.24) is 9.80 Å². The standard InChI is InChI=1S/C28H34N2O6/c1-29(2)12-11-27(31)30-17-21(13-19-7-9-23(33-3)25(15-19)35-5)28(32)22(18-30)14-20-8-10-24(34-4)26(16-20)36-6/h7-10,13-16H,11-12,17-18H2,1-6H3/b21-13+,22-14+. The maximum absolute atomic E-state index is 13.5. The van der Waals surface area contributed by atoms with E-state index in [0.717, 1.165) is 11.1 Å². The molecule has 1 heterocycles. The second-order valence-electron chi connectivity index (χ2n) is 8.70. The zero-order valence-electron chi connectivity index (χ0n) is 21.8. The molecule has 1 fully saturated rings. The monoisotopic (exact) mass is 494 g/mol. The van der Waals surface area contributed by atoms with Gasteiger partial charge in [-0.1, -0.05) is 12.1 Å². The van der Waals surface area contributed by atoms with Gasteiger partial charge in [0.25, 0.3) is 0 Å². The van der Waals surface area contributed by atoms with Crippen molar-refractivity contribution < 1.29 is 28.5 Å². The van der Waals surface area contributed by atoms with Crippen LogP contribution in [0.1, 0.15) is 17.5 Å². The van der Waals surface area contributed by atoms with E-state index in [1.807, 2.05) is 43.3 Å². The number of piperidine rings is 1. The van der Waals surface area contributed by atoms with E-state index in [1.165, 1.54) is 0 Å². The van der Waals surface area contributed by atoms with Gasteiger partial charge >= 0.3 is 0 Å². The van der Waals surface area contributed by atoms with Gasteiger partial charge in [-0.2, -0.15) is 0 Å². The number of hydrogen-bond acceptors (Lipinski definition) is 7. The maximum atomic E-state index is 13.5. The molecule has 1 amide bonds. The molecule has 8 nitrogen and oxygen atoms in total. The highest BCUT2D eigenvalue weighted by atomic mass is 16.5. The minimum Gasteiger partial charge on any atom is -0.493 e. The Kier molecular flexibility index (Phi) is 9.13. The molecule has 0 spiro atoms. The number of methoxy groups -OCH3 is 4. The lowest BCUT2D eigenvalue weighted by Gasteiger charge is -2.30. The molecule has 1 saturated heterocycles. The van der Waals surface area contributed by atoms with Crippen molar-refractivity contribution in [3.8, 4) is 23.0 Å². The van der Waals surface area contributed by atoms with Crippen LogP contribution < -0.4 is 18.9 Å². The molecule has 0 saturated carbocycles. The molecule has 1 aliphatic rings. The van der Waals surface area contributed by atoms with E-state index in [9.17, 15) is 9.59 Å². The van der Waals surface area contributed by atoms with Gasteiger partial charge in [0.2, 0.25) is 5.91 Å². The summed E-state index contributed by atoms with van der Waals surface area (Å²) in [4.78, 5) is 30.3. The summed E-state index contributed by atoms with van der Waals surface area (Å²) in [6.07, 6.45) is 3.98. The van der Waals surface area contributed by atoms with Crippen LogP contribution in [0, 0.1) is 0 Å². The van der Waals surface area contributed by atoms with E-state index in [2.05, 4.69) is 0 Å². The van der Waals surface area contributed by atoms with Gasteiger partial charge in [-0.25, -0.2) is 0 Å². The molecule has 0 radical (unpaired) electrons. The topological polar surface area (TPSA) is 77.5 Å². The Bertz CT molecular complexity index is 1090. The Morgan fingerprint density at radius 3 is 1.64 bits per heavy atom. The van der Waals surface area contributed by atoms with E-state index in [4.69, 9.17) is 18.9 Å². The largest absolute Gasteiger partial charge is 0.493 e. The van der Waals surface area contributed by atoms with Crippen molar-refractivity contribution in [2.24, 2.45) is 0 Å². The molecule has 192 valence electrons. The summed E-state index contributed by atoms with van der Waals surface area (Å²) < 4.78 is 21.4. The first-order valence-electron chi connectivity index (χ1n) is 11.6. The second kappa shape index (κ2) is 12.3. The number of amides is 1. The summed E-state index contributed by atoms with van der Waals surface area (Å²) >= 11 is 0. The number of ketones is 1. The number of hydrogen-bond donors (Lipinski definition) is 0. The van der Waals surface area contributed by atoms with Crippen molar-refractivity contribution >= 4 is 23.8 Å². The van der Waals surface area contributed by atoms with Crippen LogP contribution in [-0.2, 0) is 9.59 Å². The SMILES string of the molecule is COc1ccc(/C=C2\CN(C(=O)CCN(C)C)C/C(=C\c3ccc(OC)c(OC)c3)C2=O)cc1OC. The van der Waals surface area contributed by atoms with Gasteiger partial charge in [0.05, 0.1) is 28.4 Å². The third-order valence-electron chi connectivity index (χ3n) is 5.93. The van der Waals surface area contributed by atoms with Crippen LogP contribution in [0.5, 0.6) is 23.0 Å². The fourth-order valence-electron chi connectivity index (χ4n) is 3.98. The molecule has 0 unspecified atom stereocenters. The van der Waals surface area contributed by atoms with Gasteiger partial charge in [0.1, 0.15) is 0 Å². The predicted molar refractivity (Wildman–Crippen MR) is 140 cm³/mol. The molecule has 0 aromatic heterocycles. The summed E-state index contributed by atoms with van der Waals surface area (Å²) in [5.74, 6) is 2.22. The minimum absolute atomic E-state index is 0.00683. The van der Waals surface area contributed by atoms with E-state index < -0.39 is 0 Å². The Hall–Kier alpha value is -3.78. The number of Topliss-reactive ketones (excluding diaryl/α,β-unsaturated/α-hetero) is 1. The number of carbonyl (C=O) groups excluding carboxylic acids is 2. The Balaban J connectivity index is 2.00. The Labute approximate surface area is 212 Å². The molecule has 3 rings (SSSR count). The van der Waals surface area contributed by atoms with Crippen molar-refractivity contribution in [2.45, 2.75) is 6.42 Å². The maximum Gasteiger partial charge on any atom is 0.224 e. The number of benzene rings is 2.